The van der Waals surface area contributed by atoms with Gasteiger partial charge in [-0.2, -0.15) is 0 Å². The summed E-state index contributed by atoms with van der Waals surface area (Å²) in [5.74, 6) is 0.520. The zero-order valence-electron chi connectivity index (χ0n) is 10.7. The molecule has 1 aromatic rings. The van der Waals surface area contributed by atoms with E-state index in [2.05, 4.69) is 26.1 Å². The van der Waals surface area contributed by atoms with Gasteiger partial charge in [0.2, 0.25) is 0 Å². The number of likely N-dealkylation sites (N-methyl/N-ethyl adjacent to an activating group) is 1. The van der Waals surface area contributed by atoms with Gasteiger partial charge in [0.15, 0.2) is 0 Å². The molecule has 3 heteroatoms. The van der Waals surface area contributed by atoms with Crippen LogP contribution in [-0.4, -0.2) is 17.2 Å². The summed E-state index contributed by atoms with van der Waals surface area (Å²) in [7, 11) is 0. The van der Waals surface area contributed by atoms with Crippen molar-refractivity contribution >= 4 is 0 Å². The Balaban J connectivity index is 2.89. The van der Waals surface area contributed by atoms with Crippen molar-refractivity contribution in [2.24, 2.45) is 5.92 Å². The van der Waals surface area contributed by atoms with Crippen LogP contribution in [0.2, 0.25) is 0 Å². The molecule has 0 aliphatic heterocycles. The zero-order chi connectivity index (χ0) is 12.1. The highest BCUT2D eigenvalue weighted by molar-refractivity contribution is 5.04. The Morgan fingerprint density at radius 1 is 1.38 bits per heavy atom. The molecule has 16 heavy (non-hydrogen) atoms. The third-order valence-corrected chi connectivity index (χ3v) is 2.92. The quantitative estimate of drug-likeness (QED) is 0.824. The molecule has 90 valence electrons. The van der Waals surface area contributed by atoms with E-state index in [1.165, 1.54) is 0 Å². The fourth-order valence-corrected chi connectivity index (χ4v) is 1.83. The molecule has 1 aromatic heterocycles. The maximum Gasteiger partial charge on any atom is 0.250 e. The van der Waals surface area contributed by atoms with Crippen LogP contribution in [0.25, 0.3) is 0 Å². The van der Waals surface area contributed by atoms with Crippen molar-refractivity contribution in [3.8, 4) is 0 Å². The van der Waals surface area contributed by atoms with Gasteiger partial charge < -0.3 is 9.88 Å². The monoisotopic (exact) mass is 222 g/mol. The van der Waals surface area contributed by atoms with Crippen molar-refractivity contribution < 1.29 is 0 Å². The first kappa shape index (κ1) is 13.0. The largest absolute Gasteiger partial charge is 0.312 e. The SMILES string of the molecule is CCNC(Cn1c(C)cccc1=O)C(C)C. The van der Waals surface area contributed by atoms with Gasteiger partial charge in [0, 0.05) is 24.3 Å². The van der Waals surface area contributed by atoms with Crippen LogP contribution in [0.3, 0.4) is 0 Å². The van der Waals surface area contributed by atoms with E-state index in [0.717, 1.165) is 18.8 Å². The first-order valence-electron chi connectivity index (χ1n) is 5.96. The molecule has 0 amide bonds. The summed E-state index contributed by atoms with van der Waals surface area (Å²) in [5.41, 5.74) is 1.11. The average molecular weight is 222 g/mol. The van der Waals surface area contributed by atoms with E-state index in [4.69, 9.17) is 0 Å². The van der Waals surface area contributed by atoms with Crippen LogP contribution in [0.15, 0.2) is 23.0 Å². The third-order valence-electron chi connectivity index (χ3n) is 2.92. The Morgan fingerprint density at radius 2 is 2.06 bits per heavy atom. The third kappa shape index (κ3) is 3.20. The molecule has 0 spiro atoms. The number of nitrogens with zero attached hydrogens (tertiary/aromatic N) is 1. The van der Waals surface area contributed by atoms with E-state index in [1.54, 1.807) is 6.07 Å². The molecule has 3 nitrogen and oxygen atoms in total. The Hall–Kier alpha value is -1.09. The van der Waals surface area contributed by atoms with Crippen LogP contribution in [0, 0.1) is 12.8 Å². The van der Waals surface area contributed by atoms with Gasteiger partial charge in [0.25, 0.3) is 5.56 Å². The molecule has 1 rings (SSSR count). The van der Waals surface area contributed by atoms with Gasteiger partial charge in [-0.3, -0.25) is 4.79 Å². The van der Waals surface area contributed by atoms with E-state index >= 15 is 0 Å². The Bertz CT molecular complexity index is 382. The molecule has 0 bridgehead atoms. The first-order chi connectivity index (χ1) is 7.56. The molecular weight excluding hydrogens is 200 g/mol. The Kier molecular flexibility index (Phi) is 4.74. The standard InChI is InChI=1S/C13H22N2O/c1-5-14-12(10(2)3)9-15-11(4)7-6-8-13(15)16/h6-8,10,12,14H,5,9H2,1-4H3. The lowest BCUT2D eigenvalue weighted by molar-refractivity contribution is 0.356. The van der Waals surface area contributed by atoms with Gasteiger partial charge in [0.1, 0.15) is 0 Å². The van der Waals surface area contributed by atoms with Crippen LogP contribution >= 0.6 is 0 Å². The summed E-state index contributed by atoms with van der Waals surface area (Å²) in [5, 5.41) is 3.43. The molecule has 0 radical (unpaired) electrons. The summed E-state index contributed by atoms with van der Waals surface area (Å²) in [6.45, 7) is 10.1. The minimum atomic E-state index is 0.0866. The van der Waals surface area contributed by atoms with Gasteiger partial charge >= 0.3 is 0 Å². The number of nitrogens with one attached hydrogen (secondary N) is 1. The predicted molar refractivity (Wildman–Crippen MR) is 67.7 cm³/mol. The topological polar surface area (TPSA) is 34.0 Å². The highest BCUT2D eigenvalue weighted by atomic mass is 16.1. The van der Waals surface area contributed by atoms with E-state index in [0.29, 0.717) is 12.0 Å². The van der Waals surface area contributed by atoms with Crippen molar-refractivity contribution in [2.45, 2.75) is 40.3 Å². The molecule has 0 saturated heterocycles. The highest BCUT2D eigenvalue weighted by Gasteiger charge is 2.13. The van der Waals surface area contributed by atoms with Crippen molar-refractivity contribution in [3.63, 3.8) is 0 Å². The second-order valence-electron chi connectivity index (χ2n) is 4.52. The molecule has 1 unspecified atom stereocenters. The summed E-state index contributed by atoms with van der Waals surface area (Å²) in [6, 6.07) is 5.76. The van der Waals surface area contributed by atoms with E-state index in [1.807, 2.05) is 23.6 Å². The minimum Gasteiger partial charge on any atom is -0.312 e. The lowest BCUT2D eigenvalue weighted by Crippen LogP contribution is -2.40. The zero-order valence-corrected chi connectivity index (χ0v) is 10.7. The van der Waals surface area contributed by atoms with Crippen LogP contribution in [-0.2, 0) is 6.54 Å². The first-order valence-corrected chi connectivity index (χ1v) is 5.96. The number of pyridine rings is 1. The number of rotatable bonds is 5. The van der Waals surface area contributed by atoms with E-state index < -0.39 is 0 Å². The molecule has 0 aliphatic rings. The van der Waals surface area contributed by atoms with Crippen molar-refractivity contribution in [1.29, 1.82) is 0 Å². The molecular formula is C13H22N2O. The molecule has 1 N–H and O–H groups in total. The predicted octanol–water partition coefficient (Wildman–Crippen LogP) is 1.79. The van der Waals surface area contributed by atoms with Crippen LogP contribution < -0.4 is 10.9 Å². The van der Waals surface area contributed by atoms with Crippen LogP contribution in [0.5, 0.6) is 0 Å². The summed E-state index contributed by atoms with van der Waals surface area (Å²) in [4.78, 5) is 11.7. The normalized spacial score (nSPS) is 13.1. The second kappa shape index (κ2) is 5.85. The van der Waals surface area contributed by atoms with E-state index in [9.17, 15) is 4.79 Å². The Morgan fingerprint density at radius 3 is 2.56 bits per heavy atom. The van der Waals surface area contributed by atoms with Gasteiger partial charge in [-0.25, -0.2) is 0 Å². The smallest absolute Gasteiger partial charge is 0.250 e. The number of hydrogen-bond donors (Lipinski definition) is 1. The summed E-state index contributed by atoms with van der Waals surface area (Å²) in [6.07, 6.45) is 0. The van der Waals surface area contributed by atoms with Crippen molar-refractivity contribution in [1.82, 2.24) is 9.88 Å². The number of aryl methyl sites for hydroxylation is 1. The Labute approximate surface area is 97.5 Å². The van der Waals surface area contributed by atoms with Gasteiger partial charge in [-0.05, 0) is 25.5 Å². The molecule has 0 fully saturated rings. The van der Waals surface area contributed by atoms with Gasteiger partial charge in [-0.15, -0.1) is 0 Å². The summed E-state index contributed by atoms with van der Waals surface area (Å²) >= 11 is 0. The van der Waals surface area contributed by atoms with Crippen LogP contribution in [0.4, 0.5) is 0 Å². The van der Waals surface area contributed by atoms with E-state index in [-0.39, 0.29) is 5.56 Å². The molecule has 0 aliphatic carbocycles. The van der Waals surface area contributed by atoms with Crippen molar-refractivity contribution in [3.05, 3.63) is 34.2 Å². The minimum absolute atomic E-state index is 0.0866. The fourth-order valence-electron chi connectivity index (χ4n) is 1.83. The van der Waals surface area contributed by atoms with Gasteiger partial charge in [0.05, 0.1) is 0 Å². The lowest BCUT2D eigenvalue weighted by Gasteiger charge is -2.23. The second-order valence-corrected chi connectivity index (χ2v) is 4.52. The molecule has 0 saturated carbocycles. The van der Waals surface area contributed by atoms with Crippen molar-refractivity contribution in [2.75, 3.05) is 6.54 Å². The molecule has 1 heterocycles. The van der Waals surface area contributed by atoms with Crippen LogP contribution in [0.1, 0.15) is 26.5 Å². The maximum absolute atomic E-state index is 11.7. The molecule has 0 aromatic carbocycles. The highest BCUT2D eigenvalue weighted by Crippen LogP contribution is 2.05. The summed E-state index contributed by atoms with van der Waals surface area (Å²) < 4.78 is 1.84. The molecule has 1 atom stereocenters. The number of aromatic nitrogens is 1. The number of hydrogen-bond acceptors (Lipinski definition) is 2. The maximum atomic E-state index is 11.7. The fraction of sp³-hybridized carbons (Fsp3) is 0.615. The average Bonchev–Trinajstić information content (AvgIpc) is 2.21. The lowest BCUT2D eigenvalue weighted by atomic mass is 10.0. The van der Waals surface area contributed by atoms with Gasteiger partial charge in [-0.1, -0.05) is 26.8 Å².